The summed E-state index contributed by atoms with van der Waals surface area (Å²) in [5.74, 6) is 0. The normalized spacial score (nSPS) is 13.9. The van der Waals surface area contributed by atoms with E-state index in [0.717, 1.165) is 53.4 Å². The van der Waals surface area contributed by atoms with Crippen LogP contribution in [0.25, 0.3) is 56.6 Å². The van der Waals surface area contributed by atoms with Crippen molar-refractivity contribution in [2.24, 2.45) is 0 Å². The second kappa shape index (κ2) is 8.01. The Balaban J connectivity index is 1.26. The zero-order chi connectivity index (χ0) is 24.3. The van der Waals surface area contributed by atoms with Crippen LogP contribution in [0, 0.1) is 0 Å². The monoisotopic (exact) mass is 478 g/mol. The average molecular weight is 479 g/mol. The summed E-state index contributed by atoms with van der Waals surface area (Å²) in [6, 6.07) is 30.5. The molecule has 2 aliphatic rings. The first kappa shape index (κ1) is 20.7. The van der Waals surface area contributed by atoms with Gasteiger partial charge in [-0.25, -0.2) is 0 Å². The maximum atomic E-state index is 6.25. The number of hydrogen-bond donors (Lipinski definition) is 0. The van der Waals surface area contributed by atoms with Crippen molar-refractivity contribution in [2.45, 2.75) is 25.9 Å². The molecule has 0 N–H and O–H groups in total. The van der Waals surface area contributed by atoms with Crippen molar-refractivity contribution in [3.05, 3.63) is 120 Å². The summed E-state index contributed by atoms with van der Waals surface area (Å²) in [4.78, 5) is 0. The van der Waals surface area contributed by atoms with E-state index in [4.69, 9.17) is 4.42 Å². The third-order valence-corrected chi connectivity index (χ3v) is 8.02. The van der Waals surface area contributed by atoms with Gasteiger partial charge in [0.05, 0.1) is 11.1 Å². The first-order valence-corrected chi connectivity index (χ1v) is 13.1. The summed E-state index contributed by atoms with van der Waals surface area (Å²) < 4.78 is 11.1. The van der Waals surface area contributed by atoms with Crippen molar-refractivity contribution in [2.75, 3.05) is 0 Å². The number of aryl methyl sites for hydroxylation is 4. The predicted octanol–water partition coefficient (Wildman–Crippen LogP) is 6.78. The van der Waals surface area contributed by atoms with Gasteiger partial charge in [-0.2, -0.15) is 9.13 Å². The third kappa shape index (κ3) is 3.20. The van der Waals surface area contributed by atoms with Crippen LogP contribution in [0.3, 0.4) is 0 Å². The fourth-order valence-electron chi connectivity index (χ4n) is 6.22. The predicted molar refractivity (Wildman–Crippen MR) is 148 cm³/mol. The molecule has 0 spiro atoms. The zero-order valence-corrected chi connectivity index (χ0v) is 20.5. The van der Waals surface area contributed by atoms with Gasteiger partial charge in [0.25, 0.3) is 0 Å². The first-order valence-electron chi connectivity index (χ1n) is 13.1. The molecule has 0 fully saturated rings. The van der Waals surface area contributed by atoms with Gasteiger partial charge < -0.3 is 4.42 Å². The Labute approximate surface area is 215 Å². The molecule has 3 aromatic heterocycles. The van der Waals surface area contributed by atoms with Crippen LogP contribution in [0.1, 0.15) is 22.3 Å². The van der Waals surface area contributed by atoms with E-state index in [2.05, 4.69) is 106 Å². The fourth-order valence-corrected chi connectivity index (χ4v) is 6.22. The lowest BCUT2D eigenvalue weighted by Gasteiger charge is -2.22. The molecule has 2 aliphatic heterocycles. The lowest BCUT2D eigenvalue weighted by atomic mass is 9.85. The Bertz CT molecular complexity index is 1890. The van der Waals surface area contributed by atoms with Crippen molar-refractivity contribution >= 4 is 34.1 Å². The molecule has 0 bridgehead atoms. The molecule has 37 heavy (non-hydrogen) atoms. The fraction of sp³-hybridized carbons (Fsp3) is 0.118. The lowest BCUT2D eigenvalue weighted by molar-refractivity contribution is -0.689. The van der Waals surface area contributed by atoms with Gasteiger partial charge in [-0.1, -0.05) is 60.7 Å². The van der Waals surface area contributed by atoms with Crippen molar-refractivity contribution in [1.29, 1.82) is 0 Å². The van der Waals surface area contributed by atoms with Gasteiger partial charge in [0, 0.05) is 53.4 Å². The summed E-state index contributed by atoms with van der Waals surface area (Å²) in [7, 11) is 0. The summed E-state index contributed by atoms with van der Waals surface area (Å²) in [6.07, 6.45) is 11.0. The average Bonchev–Trinajstić information content (AvgIpc) is 3.35. The van der Waals surface area contributed by atoms with Crippen LogP contribution in [0.15, 0.2) is 102 Å². The number of para-hydroxylation sites is 2. The quantitative estimate of drug-likeness (QED) is 0.251. The minimum atomic E-state index is 0.933. The van der Waals surface area contributed by atoms with Crippen LogP contribution in [-0.2, 0) is 25.9 Å². The highest BCUT2D eigenvalue weighted by Gasteiger charge is 2.33. The molecule has 0 saturated carbocycles. The third-order valence-electron chi connectivity index (χ3n) is 8.02. The van der Waals surface area contributed by atoms with Gasteiger partial charge in [-0.15, -0.1) is 0 Å². The van der Waals surface area contributed by atoms with Crippen LogP contribution in [0.4, 0.5) is 0 Å². The minimum Gasteiger partial charge on any atom is -0.455 e. The summed E-state index contributed by atoms with van der Waals surface area (Å²) >= 11 is 0. The van der Waals surface area contributed by atoms with Gasteiger partial charge in [0.1, 0.15) is 11.2 Å². The van der Waals surface area contributed by atoms with Gasteiger partial charge in [0.15, 0.2) is 25.5 Å². The van der Waals surface area contributed by atoms with Crippen LogP contribution in [0.5, 0.6) is 0 Å². The second-order valence-electron chi connectivity index (χ2n) is 10.1. The highest BCUT2D eigenvalue weighted by atomic mass is 16.3. The SMILES string of the molecule is C(=Cc1cccc2c1oc1ccccc12)c1cc[n+]2c(c1)-c1c(ccc3c1-c1cccc[n+]1CC3)CC2. The molecule has 0 radical (unpaired) electrons. The Morgan fingerprint density at radius 1 is 0.622 bits per heavy atom. The van der Waals surface area contributed by atoms with E-state index in [1.165, 1.54) is 39.2 Å². The highest BCUT2D eigenvalue weighted by Crippen LogP contribution is 2.39. The van der Waals surface area contributed by atoms with Crippen LogP contribution < -0.4 is 9.13 Å². The van der Waals surface area contributed by atoms with E-state index in [0.29, 0.717) is 0 Å². The molecule has 5 heterocycles. The minimum absolute atomic E-state index is 0.933. The smallest absolute Gasteiger partial charge is 0.214 e. The van der Waals surface area contributed by atoms with Crippen LogP contribution in [-0.4, -0.2) is 0 Å². The summed E-state index contributed by atoms with van der Waals surface area (Å²) in [5, 5.41) is 2.33. The molecule has 6 aromatic rings. The molecule has 0 unspecified atom stereocenters. The van der Waals surface area contributed by atoms with Gasteiger partial charge >= 0.3 is 0 Å². The van der Waals surface area contributed by atoms with Gasteiger partial charge in [0.2, 0.25) is 11.4 Å². The zero-order valence-electron chi connectivity index (χ0n) is 20.5. The van der Waals surface area contributed by atoms with E-state index in [1.54, 1.807) is 0 Å². The van der Waals surface area contributed by atoms with Gasteiger partial charge in [-0.3, -0.25) is 0 Å². The molecule has 3 heteroatoms. The molecular weight excluding hydrogens is 452 g/mol. The molecule has 0 atom stereocenters. The van der Waals surface area contributed by atoms with E-state index < -0.39 is 0 Å². The second-order valence-corrected chi connectivity index (χ2v) is 10.1. The molecule has 0 saturated heterocycles. The maximum Gasteiger partial charge on any atom is 0.214 e. The molecule has 3 nitrogen and oxygen atoms in total. The van der Waals surface area contributed by atoms with Crippen molar-refractivity contribution in [3.63, 3.8) is 0 Å². The van der Waals surface area contributed by atoms with E-state index in [-0.39, 0.29) is 0 Å². The molecule has 0 amide bonds. The number of hydrogen-bond acceptors (Lipinski definition) is 1. The van der Waals surface area contributed by atoms with E-state index in [9.17, 15) is 0 Å². The van der Waals surface area contributed by atoms with Crippen molar-refractivity contribution < 1.29 is 13.6 Å². The Hall–Kier alpha value is -4.50. The number of furan rings is 1. The summed E-state index contributed by atoms with van der Waals surface area (Å²) in [5.41, 5.74) is 12.5. The topological polar surface area (TPSA) is 20.9 Å². The molecule has 0 aliphatic carbocycles. The van der Waals surface area contributed by atoms with Crippen LogP contribution in [0.2, 0.25) is 0 Å². The van der Waals surface area contributed by atoms with E-state index in [1.807, 2.05) is 12.1 Å². The van der Waals surface area contributed by atoms with E-state index >= 15 is 0 Å². The molecule has 8 rings (SSSR count). The Kier molecular flexibility index (Phi) is 4.47. The maximum absolute atomic E-state index is 6.25. The first-order chi connectivity index (χ1) is 18.3. The standard InChI is InChI=1S/C34H26N2O/c1-2-10-31-27(7-1)28-8-5-6-26(34(28)37-31)12-11-23-15-19-36-21-17-25-14-13-24-16-20-35-18-4-3-9-29(35)32(24)33(25)30(36)22-23/h1-15,18-19,22H,16-17,20-21H2/q+2. The summed E-state index contributed by atoms with van der Waals surface area (Å²) in [6.45, 7) is 2.05. The largest absolute Gasteiger partial charge is 0.455 e. The molecular formula is C34H26N2O+2. The number of aromatic nitrogens is 2. The van der Waals surface area contributed by atoms with Gasteiger partial charge in [-0.05, 0) is 28.8 Å². The highest BCUT2D eigenvalue weighted by molar-refractivity contribution is 6.07. The van der Waals surface area contributed by atoms with Crippen molar-refractivity contribution in [1.82, 2.24) is 0 Å². The molecule has 3 aromatic carbocycles. The molecule has 176 valence electrons. The number of benzene rings is 3. The number of fused-ring (bicyclic) bond motifs is 10. The van der Waals surface area contributed by atoms with Crippen LogP contribution >= 0.6 is 0 Å². The Morgan fingerprint density at radius 2 is 1.38 bits per heavy atom. The number of rotatable bonds is 2. The Morgan fingerprint density at radius 3 is 2.27 bits per heavy atom. The number of nitrogens with zero attached hydrogens (tertiary/aromatic N) is 2. The lowest BCUT2D eigenvalue weighted by Crippen LogP contribution is -2.43. The van der Waals surface area contributed by atoms with Crippen molar-refractivity contribution in [3.8, 4) is 22.5 Å². The number of pyridine rings is 2.